The zero-order chi connectivity index (χ0) is 10.7. The molecule has 1 rings (SSSR count). The number of carboxylic acids is 1. The fourth-order valence-electron chi connectivity index (χ4n) is 1.42. The highest BCUT2D eigenvalue weighted by molar-refractivity contribution is 5.96. The lowest BCUT2D eigenvalue weighted by molar-refractivity contribution is -0.150. The third kappa shape index (κ3) is 2.23. The Hall–Kier alpha value is -1.10. The molecule has 0 radical (unpaired) electrons. The highest BCUT2D eigenvalue weighted by atomic mass is 16.5. The second kappa shape index (κ2) is 4.41. The first-order valence-corrected chi connectivity index (χ1v) is 4.61. The molecule has 0 bridgehead atoms. The molecule has 0 aromatic rings. The average Bonchev–Trinajstić information content (AvgIpc) is 2.67. The molecule has 2 atom stereocenters. The molecule has 1 amide bonds. The molecule has 0 aromatic heterocycles. The van der Waals surface area contributed by atoms with Crippen LogP contribution in [0.25, 0.3) is 0 Å². The predicted octanol–water partition coefficient (Wildman–Crippen LogP) is -0.0456. The zero-order valence-electron chi connectivity index (χ0n) is 8.40. The van der Waals surface area contributed by atoms with Crippen LogP contribution < -0.4 is 0 Å². The van der Waals surface area contributed by atoms with E-state index in [0.29, 0.717) is 13.2 Å². The molecule has 0 spiro atoms. The van der Waals surface area contributed by atoms with Crippen molar-refractivity contribution in [2.75, 3.05) is 20.3 Å². The van der Waals surface area contributed by atoms with Gasteiger partial charge in [0.05, 0.1) is 12.6 Å². The molecule has 1 heterocycles. The number of ether oxygens (including phenoxy) is 1. The summed E-state index contributed by atoms with van der Waals surface area (Å²) in [6.45, 7) is 2.55. The van der Waals surface area contributed by atoms with Crippen LogP contribution in [0.3, 0.4) is 0 Å². The van der Waals surface area contributed by atoms with E-state index in [1.807, 2.05) is 0 Å². The second-order valence-corrected chi connectivity index (χ2v) is 3.53. The number of rotatable bonds is 3. The van der Waals surface area contributed by atoms with Crippen molar-refractivity contribution in [2.24, 2.45) is 5.92 Å². The fourth-order valence-corrected chi connectivity index (χ4v) is 1.42. The van der Waals surface area contributed by atoms with Crippen molar-refractivity contribution in [2.45, 2.75) is 19.4 Å². The summed E-state index contributed by atoms with van der Waals surface area (Å²) in [6, 6.07) is 0.0318. The van der Waals surface area contributed by atoms with Crippen molar-refractivity contribution in [3.8, 4) is 0 Å². The van der Waals surface area contributed by atoms with Crippen molar-refractivity contribution >= 4 is 11.9 Å². The normalized spacial score (nSPS) is 23.1. The average molecular weight is 201 g/mol. The first-order chi connectivity index (χ1) is 6.54. The van der Waals surface area contributed by atoms with Crippen LogP contribution in [0.5, 0.6) is 0 Å². The van der Waals surface area contributed by atoms with Gasteiger partial charge in [-0.15, -0.1) is 0 Å². The van der Waals surface area contributed by atoms with Crippen LogP contribution in [0, 0.1) is 5.92 Å². The summed E-state index contributed by atoms with van der Waals surface area (Å²) in [4.78, 5) is 23.6. The summed E-state index contributed by atoms with van der Waals surface area (Å²) in [6.07, 6.45) is 0.786. The van der Waals surface area contributed by atoms with E-state index in [-0.39, 0.29) is 11.9 Å². The number of carbonyl (C=O) groups excluding carboxylic acids is 1. The molecule has 0 aliphatic carbocycles. The SMILES string of the molecule is CC(C(=O)O)C(=O)N(C)C1CCOC1. The summed E-state index contributed by atoms with van der Waals surface area (Å²) in [5.74, 6) is -2.41. The Balaban J connectivity index is 2.54. The van der Waals surface area contributed by atoms with Crippen LogP contribution in [-0.4, -0.2) is 48.2 Å². The van der Waals surface area contributed by atoms with E-state index >= 15 is 0 Å². The quantitative estimate of drug-likeness (QED) is 0.650. The van der Waals surface area contributed by atoms with Crippen molar-refractivity contribution in [1.29, 1.82) is 0 Å². The van der Waals surface area contributed by atoms with Crippen LogP contribution in [-0.2, 0) is 14.3 Å². The fraction of sp³-hybridized carbons (Fsp3) is 0.778. The molecule has 2 unspecified atom stereocenters. The lowest BCUT2D eigenvalue weighted by Gasteiger charge is -2.24. The summed E-state index contributed by atoms with van der Waals surface area (Å²) in [7, 11) is 1.63. The second-order valence-electron chi connectivity index (χ2n) is 3.53. The van der Waals surface area contributed by atoms with E-state index in [0.717, 1.165) is 6.42 Å². The van der Waals surface area contributed by atoms with E-state index in [1.54, 1.807) is 7.05 Å². The molecule has 1 aliphatic rings. The Labute approximate surface area is 82.6 Å². The largest absolute Gasteiger partial charge is 0.481 e. The molecule has 1 aliphatic heterocycles. The van der Waals surface area contributed by atoms with Gasteiger partial charge in [-0.3, -0.25) is 9.59 Å². The number of carboxylic acid groups (broad SMARTS) is 1. The third-order valence-corrected chi connectivity index (χ3v) is 2.54. The topological polar surface area (TPSA) is 66.8 Å². The van der Waals surface area contributed by atoms with Gasteiger partial charge in [0.15, 0.2) is 0 Å². The summed E-state index contributed by atoms with van der Waals surface area (Å²) >= 11 is 0. The number of nitrogens with zero attached hydrogens (tertiary/aromatic N) is 1. The number of amides is 1. The Morgan fingerprint density at radius 2 is 2.21 bits per heavy atom. The van der Waals surface area contributed by atoms with Crippen LogP contribution in [0.2, 0.25) is 0 Å². The predicted molar refractivity (Wildman–Crippen MR) is 48.8 cm³/mol. The van der Waals surface area contributed by atoms with Gasteiger partial charge in [0.25, 0.3) is 0 Å². The van der Waals surface area contributed by atoms with Crippen LogP contribution in [0.15, 0.2) is 0 Å². The molecule has 0 aromatic carbocycles. The summed E-state index contributed by atoms with van der Waals surface area (Å²) < 4.78 is 5.13. The Morgan fingerprint density at radius 1 is 1.57 bits per heavy atom. The maximum absolute atomic E-state index is 11.6. The van der Waals surface area contributed by atoms with Crippen LogP contribution in [0.4, 0.5) is 0 Å². The van der Waals surface area contributed by atoms with Gasteiger partial charge in [-0.25, -0.2) is 0 Å². The molecular weight excluding hydrogens is 186 g/mol. The lowest BCUT2D eigenvalue weighted by atomic mass is 10.1. The summed E-state index contributed by atoms with van der Waals surface area (Å²) in [5, 5.41) is 8.67. The first-order valence-electron chi connectivity index (χ1n) is 4.61. The van der Waals surface area contributed by atoms with E-state index < -0.39 is 11.9 Å². The molecule has 5 nitrogen and oxygen atoms in total. The van der Waals surface area contributed by atoms with E-state index in [1.165, 1.54) is 11.8 Å². The number of aliphatic carboxylic acids is 1. The van der Waals surface area contributed by atoms with Crippen LogP contribution in [0.1, 0.15) is 13.3 Å². The molecular formula is C9H15NO4. The number of carbonyl (C=O) groups is 2. The maximum Gasteiger partial charge on any atom is 0.315 e. The van der Waals surface area contributed by atoms with Gasteiger partial charge in [-0.1, -0.05) is 0 Å². The lowest BCUT2D eigenvalue weighted by Crippen LogP contribution is -2.42. The van der Waals surface area contributed by atoms with E-state index in [9.17, 15) is 9.59 Å². The highest BCUT2D eigenvalue weighted by Crippen LogP contribution is 2.13. The van der Waals surface area contributed by atoms with Gasteiger partial charge in [0.1, 0.15) is 5.92 Å². The van der Waals surface area contributed by atoms with Gasteiger partial charge in [-0.2, -0.15) is 0 Å². The van der Waals surface area contributed by atoms with Gasteiger partial charge in [0, 0.05) is 13.7 Å². The third-order valence-electron chi connectivity index (χ3n) is 2.54. The minimum absolute atomic E-state index is 0.0318. The molecule has 1 fully saturated rings. The molecule has 1 saturated heterocycles. The number of hydrogen-bond acceptors (Lipinski definition) is 3. The smallest absolute Gasteiger partial charge is 0.315 e. The molecule has 80 valence electrons. The van der Waals surface area contributed by atoms with Gasteiger partial charge >= 0.3 is 5.97 Å². The summed E-state index contributed by atoms with van der Waals surface area (Å²) in [5.41, 5.74) is 0. The van der Waals surface area contributed by atoms with Crippen LogP contribution >= 0.6 is 0 Å². The Bertz CT molecular complexity index is 235. The minimum Gasteiger partial charge on any atom is -0.481 e. The molecule has 1 N–H and O–H groups in total. The Kier molecular flexibility index (Phi) is 3.46. The molecule has 5 heteroatoms. The van der Waals surface area contributed by atoms with E-state index in [4.69, 9.17) is 9.84 Å². The maximum atomic E-state index is 11.6. The van der Waals surface area contributed by atoms with Crippen molar-refractivity contribution in [3.05, 3.63) is 0 Å². The van der Waals surface area contributed by atoms with Crippen molar-refractivity contribution < 1.29 is 19.4 Å². The standard InChI is InChI=1S/C9H15NO4/c1-6(9(12)13)8(11)10(2)7-3-4-14-5-7/h6-7H,3-5H2,1-2H3,(H,12,13). The van der Waals surface area contributed by atoms with Gasteiger partial charge in [0.2, 0.25) is 5.91 Å². The molecule has 14 heavy (non-hydrogen) atoms. The number of likely N-dealkylation sites (N-methyl/N-ethyl adjacent to an activating group) is 1. The Morgan fingerprint density at radius 3 is 2.64 bits per heavy atom. The van der Waals surface area contributed by atoms with Crippen molar-refractivity contribution in [1.82, 2.24) is 4.90 Å². The highest BCUT2D eigenvalue weighted by Gasteiger charge is 2.30. The zero-order valence-corrected chi connectivity index (χ0v) is 8.40. The number of hydrogen-bond donors (Lipinski definition) is 1. The van der Waals surface area contributed by atoms with Gasteiger partial charge < -0.3 is 14.7 Å². The van der Waals surface area contributed by atoms with Crippen molar-refractivity contribution in [3.63, 3.8) is 0 Å². The first kappa shape index (κ1) is 11.0. The van der Waals surface area contributed by atoms with E-state index in [2.05, 4.69) is 0 Å². The monoisotopic (exact) mass is 201 g/mol. The minimum atomic E-state index is -1.08. The molecule has 0 saturated carbocycles. The van der Waals surface area contributed by atoms with Gasteiger partial charge in [-0.05, 0) is 13.3 Å².